The Morgan fingerprint density at radius 2 is 2.09 bits per heavy atom. The van der Waals surface area contributed by atoms with Gasteiger partial charge in [0.05, 0.1) is 0 Å². The maximum atomic E-state index is 3.28. The highest BCUT2D eigenvalue weighted by Crippen LogP contribution is 2.25. The van der Waals surface area contributed by atoms with Crippen LogP contribution in [0.15, 0.2) is 17.9 Å². The SMILES string of the molecule is CCCC=C=CC1CCCC1. The molecule has 0 heteroatoms. The molecule has 0 bridgehead atoms. The molecule has 1 aliphatic carbocycles. The van der Waals surface area contributed by atoms with E-state index in [0.717, 1.165) is 5.92 Å². The number of hydrogen-bond donors (Lipinski definition) is 0. The smallest absolute Gasteiger partial charge is 0.0158 e. The van der Waals surface area contributed by atoms with E-state index in [1.165, 1.54) is 38.5 Å². The molecule has 1 aliphatic rings. The average Bonchev–Trinajstić information content (AvgIpc) is 2.50. The molecule has 0 aromatic rings. The summed E-state index contributed by atoms with van der Waals surface area (Å²) < 4.78 is 0. The highest BCUT2D eigenvalue weighted by molar-refractivity contribution is 4.91. The maximum Gasteiger partial charge on any atom is -0.0158 e. The summed E-state index contributed by atoms with van der Waals surface area (Å²) in [7, 11) is 0. The van der Waals surface area contributed by atoms with Gasteiger partial charge in [0, 0.05) is 0 Å². The van der Waals surface area contributed by atoms with Gasteiger partial charge in [-0.15, -0.1) is 5.73 Å². The standard InChI is InChI=1S/C11H18/c1-2-3-4-5-8-11-9-6-7-10-11/h4,8,11H,2-3,6-7,9-10H2,1H3. The molecule has 0 heterocycles. The molecule has 0 aromatic heterocycles. The van der Waals surface area contributed by atoms with Crippen molar-refractivity contribution < 1.29 is 0 Å². The lowest BCUT2D eigenvalue weighted by atomic mass is 10.1. The second kappa shape index (κ2) is 5.21. The van der Waals surface area contributed by atoms with Gasteiger partial charge in [-0.3, -0.25) is 0 Å². The highest BCUT2D eigenvalue weighted by Gasteiger charge is 2.10. The topological polar surface area (TPSA) is 0 Å². The zero-order valence-corrected chi connectivity index (χ0v) is 7.47. The summed E-state index contributed by atoms with van der Waals surface area (Å²) in [5, 5.41) is 0. The first-order valence-electron chi connectivity index (χ1n) is 4.84. The van der Waals surface area contributed by atoms with Crippen molar-refractivity contribution in [2.45, 2.75) is 45.4 Å². The van der Waals surface area contributed by atoms with Crippen molar-refractivity contribution in [1.82, 2.24) is 0 Å². The van der Waals surface area contributed by atoms with Gasteiger partial charge in [0.25, 0.3) is 0 Å². The van der Waals surface area contributed by atoms with Crippen molar-refractivity contribution in [3.8, 4) is 0 Å². The fraction of sp³-hybridized carbons (Fsp3) is 0.727. The van der Waals surface area contributed by atoms with Crippen LogP contribution >= 0.6 is 0 Å². The number of hydrogen-bond acceptors (Lipinski definition) is 0. The van der Waals surface area contributed by atoms with E-state index in [9.17, 15) is 0 Å². The number of allylic oxidation sites excluding steroid dienone is 1. The van der Waals surface area contributed by atoms with Crippen LogP contribution in [0.5, 0.6) is 0 Å². The molecule has 0 unspecified atom stereocenters. The molecular weight excluding hydrogens is 132 g/mol. The van der Waals surface area contributed by atoms with E-state index < -0.39 is 0 Å². The van der Waals surface area contributed by atoms with E-state index in [2.05, 4.69) is 24.8 Å². The van der Waals surface area contributed by atoms with Gasteiger partial charge in [0.2, 0.25) is 0 Å². The Hall–Kier alpha value is -0.480. The zero-order chi connectivity index (χ0) is 7.94. The lowest BCUT2D eigenvalue weighted by Crippen LogP contribution is -1.83. The quantitative estimate of drug-likeness (QED) is 0.538. The van der Waals surface area contributed by atoms with Crippen molar-refractivity contribution in [3.63, 3.8) is 0 Å². The Kier molecular flexibility index (Phi) is 4.08. The summed E-state index contributed by atoms with van der Waals surface area (Å²) in [6.45, 7) is 2.20. The second-order valence-electron chi connectivity index (χ2n) is 3.37. The highest BCUT2D eigenvalue weighted by atomic mass is 14.1. The summed E-state index contributed by atoms with van der Waals surface area (Å²) in [5.74, 6) is 0.850. The van der Waals surface area contributed by atoms with Crippen molar-refractivity contribution in [2.75, 3.05) is 0 Å². The Labute approximate surface area is 70.0 Å². The first-order chi connectivity index (χ1) is 5.43. The lowest BCUT2D eigenvalue weighted by Gasteiger charge is -1.95. The molecular formula is C11H18. The summed E-state index contributed by atoms with van der Waals surface area (Å²) in [6.07, 6.45) is 12.5. The van der Waals surface area contributed by atoms with Gasteiger partial charge in [-0.2, -0.15) is 0 Å². The predicted molar refractivity (Wildman–Crippen MR) is 49.5 cm³/mol. The van der Waals surface area contributed by atoms with E-state index in [0.29, 0.717) is 0 Å². The van der Waals surface area contributed by atoms with E-state index in [-0.39, 0.29) is 0 Å². The molecule has 0 atom stereocenters. The molecule has 0 aliphatic heterocycles. The fourth-order valence-electron chi connectivity index (χ4n) is 1.56. The third kappa shape index (κ3) is 3.43. The normalized spacial score (nSPS) is 17.9. The van der Waals surface area contributed by atoms with Gasteiger partial charge >= 0.3 is 0 Å². The van der Waals surface area contributed by atoms with Crippen molar-refractivity contribution in [2.24, 2.45) is 5.92 Å². The van der Waals surface area contributed by atoms with Crippen LogP contribution in [0.1, 0.15) is 45.4 Å². The molecule has 0 amide bonds. The third-order valence-corrected chi connectivity index (χ3v) is 2.28. The minimum Gasteiger partial charge on any atom is -0.129 e. The molecule has 1 saturated carbocycles. The maximum absolute atomic E-state index is 3.28. The van der Waals surface area contributed by atoms with Gasteiger partial charge in [-0.05, 0) is 37.3 Å². The van der Waals surface area contributed by atoms with Crippen LogP contribution in [-0.2, 0) is 0 Å². The minimum absolute atomic E-state index is 0.850. The lowest BCUT2D eigenvalue weighted by molar-refractivity contribution is 0.686. The van der Waals surface area contributed by atoms with Crippen LogP contribution in [0.3, 0.4) is 0 Å². The van der Waals surface area contributed by atoms with Crippen LogP contribution in [0.2, 0.25) is 0 Å². The largest absolute Gasteiger partial charge is 0.129 e. The van der Waals surface area contributed by atoms with Crippen LogP contribution in [0.4, 0.5) is 0 Å². The summed E-state index contributed by atoms with van der Waals surface area (Å²) >= 11 is 0. The molecule has 1 rings (SSSR count). The molecule has 62 valence electrons. The first-order valence-corrected chi connectivity index (χ1v) is 4.84. The van der Waals surface area contributed by atoms with Crippen molar-refractivity contribution >= 4 is 0 Å². The predicted octanol–water partition coefficient (Wildman–Crippen LogP) is 3.69. The van der Waals surface area contributed by atoms with Crippen LogP contribution in [0.25, 0.3) is 0 Å². The first kappa shape index (κ1) is 8.62. The molecule has 1 fully saturated rings. The van der Waals surface area contributed by atoms with E-state index in [1.54, 1.807) is 0 Å². The molecule has 0 N–H and O–H groups in total. The van der Waals surface area contributed by atoms with E-state index in [4.69, 9.17) is 0 Å². The summed E-state index contributed by atoms with van der Waals surface area (Å²) in [4.78, 5) is 0. The molecule has 0 aromatic carbocycles. The van der Waals surface area contributed by atoms with Crippen LogP contribution < -0.4 is 0 Å². The van der Waals surface area contributed by atoms with Gasteiger partial charge in [0.15, 0.2) is 0 Å². The Balaban J connectivity index is 2.21. The molecule has 0 saturated heterocycles. The third-order valence-electron chi connectivity index (χ3n) is 2.28. The van der Waals surface area contributed by atoms with E-state index >= 15 is 0 Å². The molecule has 0 spiro atoms. The molecule has 11 heavy (non-hydrogen) atoms. The average molecular weight is 150 g/mol. The zero-order valence-electron chi connectivity index (χ0n) is 7.47. The Bertz CT molecular complexity index is 143. The van der Waals surface area contributed by atoms with Gasteiger partial charge in [0.1, 0.15) is 0 Å². The van der Waals surface area contributed by atoms with Crippen molar-refractivity contribution in [1.29, 1.82) is 0 Å². The van der Waals surface area contributed by atoms with E-state index in [1.807, 2.05) is 0 Å². The Morgan fingerprint density at radius 3 is 2.73 bits per heavy atom. The van der Waals surface area contributed by atoms with Gasteiger partial charge in [-0.25, -0.2) is 0 Å². The minimum atomic E-state index is 0.850. The fourth-order valence-corrected chi connectivity index (χ4v) is 1.56. The van der Waals surface area contributed by atoms with Crippen LogP contribution in [-0.4, -0.2) is 0 Å². The molecule has 0 radical (unpaired) electrons. The van der Waals surface area contributed by atoms with Crippen molar-refractivity contribution in [3.05, 3.63) is 17.9 Å². The molecule has 0 nitrogen and oxygen atoms in total. The number of unbranched alkanes of at least 4 members (excludes halogenated alkanes) is 1. The summed E-state index contributed by atoms with van der Waals surface area (Å²) in [6, 6.07) is 0. The van der Waals surface area contributed by atoms with Gasteiger partial charge < -0.3 is 0 Å². The second-order valence-corrected chi connectivity index (χ2v) is 3.37. The Morgan fingerprint density at radius 1 is 1.36 bits per heavy atom. The van der Waals surface area contributed by atoms with Gasteiger partial charge in [-0.1, -0.05) is 26.2 Å². The summed E-state index contributed by atoms with van der Waals surface area (Å²) in [5.41, 5.74) is 3.28. The number of rotatable bonds is 3. The monoisotopic (exact) mass is 150 g/mol. The van der Waals surface area contributed by atoms with Crippen LogP contribution in [0, 0.1) is 5.92 Å².